The first-order valence-electron chi connectivity index (χ1n) is 4.51. The Morgan fingerprint density at radius 2 is 1.14 bits per heavy atom. The normalized spacial score (nSPS) is 8.71. The minimum atomic E-state index is -0.178. The van der Waals surface area contributed by atoms with Crippen molar-refractivity contribution in [2.45, 2.75) is 6.92 Å². The van der Waals surface area contributed by atoms with Crippen LogP contribution in [-0.4, -0.2) is 0 Å². The Bertz CT molecular complexity index is 303. The van der Waals surface area contributed by atoms with Gasteiger partial charge in [-0.3, -0.25) is 0 Å². The molecule has 0 atom stereocenters. The molecule has 0 aliphatic heterocycles. The van der Waals surface area contributed by atoms with Crippen LogP contribution in [0.5, 0.6) is 0 Å². The fraction of sp³-hybridized carbons (Fsp3) is 0.0769. The van der Waals surface area contributed by atoms with Crippen molar-refractivity contribution in [3.05, 3.63) is 72.0 Å². The van der Waals surface area contributed by atoms with Crippen molar-refractivity contribution >= 4 is 0 Å². The largest absolute Gasteiger partial charge is 0.207 e. The van der Waals surface area contributed by atoms with E-state index in [9.17, 15) is 4.39 Å². The highest BCUT2D eigenvalue weighted by molar-refractivity contribution is 5.11. The third kappa shape index (κ3) is 4.41. The lowest BCUT2D eigenvalue weighted by Gasteiger charge is -1.82. The highest BCUT2D eigenvalue weighted by Gasteiger charge is 1.77. The molecule has 0 saturated heterocycles. The second-order valence-electron chi connectivity index (χ2n) is 2.95. The molecular weight excluding hydrogens is 175 g/mol. The zero-order valence-electron chi connectivity index (χ0n) is 8.15. The first kappa shape index (κ1) is 10.5. The van der Waals surface area contributed by atoms with Gasteiger partial charge in [-0.25, -0.2) is 4.39 Å². The Hall–Kier alpha value is -1.63. The van der Waals surface area contributed by atoms with Crippen LogP contribution >= 0.6 is 0 Å². The van der Waals surface area contributed by atoms with Gasteiger partial charge in [-0.05, 0) is 19.1 Å². The van der Waals surface area contributed by atoms with E-state index in [0.717, 1.165) is 0 Å². The van der Waals surface area contributed by atoms with Crippen molar-refractivity contribution < 1.29 is 4.39 Å². The molecule has 0 heterocycles. The predicted molar refractivity (Wildman–Crippen MR) is 57.6 cm³/mol. The zero-order valence-corrected chi connectivity index (χ0v) is 8.15. The molecule has 14 heavy (non-hydrogen) atoms. The van der Waals surface area contributed by atoms with E-state index < -0.39 is 0 Å². The summed E-state index contributed by atoms with van der Waals surface area (Å²) in [6, 6.07) is 18.2. The summed E-state index contributed by atoms with van der Waals surface area (Å²) in [5.41, 5.74) is 1.32. The minimum Gasteiger partial charge on any atom is -0.207 e. The van der Waals surface area contributed by atoms with Crippen molar-refractivity contribution in [3.8, 4) is 0 Å². The second-order valence-corrected chi connectivity index (χ2v) is 2.95. The Kier molecular flexibility index (Phi) is 4.42. The molecule has 0 aliphatic rings. The van der Waals surface area contributed by atoms with Gasteiger partial charge in [0.15, 0.2) is 0 Å². The summed E-state index contributed by atoms with van der Waals surface area (Å²) in [6.45, 7) is 2.08. The van der Waals surface area contributed by atoms with Gasteiger partial charge in [0.2, 0.25) is 0 Å². The van der Waals surface area contributed by atoms with Crippen molar-refractivity contribution in [2.75, 3.05) is 0 Å². The predicted octanol–water partition coefficient (Wildman–Crippen LogP) is 3.82. The van der Waals surface area contributed by atoms with Crippen LogP contribution < -0.4 is 0 Å². The Morgan fingerprint density at radius 3 is 1.36 bits per heavy atom. The summed E-state index contributed by atoms with van der Waals surface area (Å²) in [6.07, 6.45) is 0. The molecule has 0 amide bonds. The zero-order chi connectivity index (χ0) is 10.2. The van der Waals surface area contributed by atoms with Crippen LogP contribution in [0.15, 0.2) is 60.7 Å². The maximum absolute atomic E-state index is 11.9. The van der Waals surface area contributed by atoms with Gasteiger partial charge >= 0.3 is 0 Å². The third-order valence-electron chi connectivity index (χ3n) is 1.67. The average Bonchev–Trinajstić information content (AvgIpc) is 2.21. The molecule has 0 nitrogen and oxygen atoms in total. The number of benzene rings is 2. The summed E-state index contributed by atoms with van der Waals surface area (Å²) < 4.78 is 11.9. The molecule has 0 radical (unpaired) electrons. The summed E-state index contributed by atoms with van der Waals surface area (Å²) in [5.74, 6) is -0.178. The highest BCUT2D eigenvalue weighted by Crippen LogP contribution is 1.92. The molecule has 0 bridgehead atoms. The van der Waals surface area contributed by atoms with Crippen LogP contribution in [0.4, 0.5) is 4.39 Å². The number of hydrogen-bond donors (Lipinski definition) is 0. The van der Waals surface area contributed by atoms with Crippen molar-refractivity contribution in [1.82, 2.24) is 0 Å². The molecule has 2 rings (SSSR count). The lowest BCUT2D eigenvalue weighted by atomic mass is 10.2. The number of rotatable bonds is 0. The van der Waals surface area contributed by atoms with Gasteiger partial charge in [-0.15, -0.1) is 0 Å². The van der Waals surface area contributed by atoms with Gasteiger partial charge in [0, 0.05) is 0 Å². The minimum absolute atomic E-state index is 0.178. The summed E-state index contributed by atoms with van der Waals surface area (Å²) >= 11 is 0. The van der Waals surface area contributed by atoms with Crippen molar-refractivity contribution in [3.63, 3.8) is 0 Å². The third-order valence-corrected chi connectivity index (χ3v) is 1.67. The molecule has 0 unspecified atom stereocenters. The molecule has 1 heteroatoms. The maximum atomic E-state index is 11.9. The van der Waals surface area contributed by atoms with Crippen LogP contribution in [0.25, 0.3) is 0 Å². The SMILES string of the molecule is Cc1ccccc1.Fc1ccccc1. The van der Waals surface area contributed by atoms with Gasteiger partial charge < -0.3 is 0 Å². The van der Waals surface area contributed by atoms with E-state index in [1.165, 1.54) is 17.7 Å². The molecule has 2 aromatic rings. The van der Waals surface area contributed by atoms with E-state index in [2.05, 4.69) is 19.1 Å². The highest BCUT2D eigenvalue weighted by atomic mass is 19.1. The van der Waals surface area contributed by atoms with Crippen LogP contribution in [0.1, 0.15) is 5.56 Å². The maximum Gasteiger partial charge on any atom is 0.123 e. The van der Waals surface area contributed by atoms with E-state index in [-0.39, 0.29) is 5.82 Å². The molecule has 72 valence electrons. The van der Waals surface area contributed by atoms with E-state index in [1.807, 2.05) is 18.2 Å². The number of aryl methyl sites for hydroxylation is 1. The lowest BCUT2D eigenvalue weighted by molar-refractivity contribution is 0.628. The Morgan fingerprint density at radius 1 is 0.714 bits per heavy atom. The van der Waals surface area contributed by atoms with Gasteiger partial charge in [-0.1, -0.05) is 54.1 Å². The first-order valence-corrected chi connectivity index (χ1v) is 4.51. The monoisotopic (exact) mass is 188 g/mol. The van der Waals surface area contributed by atoms with E-state index in [0.29, 0.717) is 0 Å². The van der Waals surface area contributed by atoms with E-state index in [1.54, 1.807) is 18.2 Å². The molecular formula is C13H13F. The molecule has 2 aromatic carbocycles. The van der Waals surface area contributed by atoms with Crippen molar-refractivity contribution in [2.24, 2.45) is 0 Å². The van der Waals surface area contributed by atoms with Gasteiger partial charge in [0.25, 0.3) is 0 Å². The molecule has 0 fully saturated rings. The second kappa shape index (κ2) is 5.92. The molecule has 0 aliphatic carbocycles. The van der Waals surface area contributed by atoms with Gasteiger partial charge in [0.1, 0.15) is 5.82 Å². The fourth-order valence-electron chi connectivity index (χ4n) is 0.949. The summed E-state index contributed by atoms with van der Waals surface area (Å²) in [7, 11) is 0. The molecule has 0 aromatic heterocycles. The van der Waals surface area contributed by atoms with Crippen LogP contribution in [0.2, 0.25) is 0 Å². The van der Waals surface area contributed by atoms with E-state index >= 15 is 0 Å². The first-order chi connectivity index (χ1) is 6.79. The van der Waals surface area contributed by atoms with Crippen molar-refractivity contribution in [1.29, 1.82) is 0 Å². The molecule has 0 spiro atoms. The van der Waals surface area contributed by atoms with Crippen LogP contribution in [0, 0.1) is 12.7 Å². The topological polar surface area (TPSA) is 0 Å². The number of hydrogen-bond acceptors (Lipinski definition) is 0. The summed E-state index contributed by atoms with van der Waals surface area (Å²) in [4.78, 5) is 0. The Balaban J connectivity index is 0.000000140. The number of halogens is 1. The van der Waals surface area contributed by atoms with Crippen LogP contribution in [0.3, 0.4) is 0 Å². The fourth-order valence-corrected chi connectivity index (χ4v) is 0.949. The Labute approximate surface area is 84.0 Å². The van der Waals surface area contributed by atoms with E-state index in [4.69, 9.17) is 0 Å². The summed E-state index contributed by atoms with van der Waals surface area (Å²) in [5, 5.41) is 0. The smallest absolute Gasteiger partial charge is 0.123 e. The quantitative estimate of drug-likeness (QED) is 0.589. The molecule has 0 saturated carbocycles. The van der Waals surface area contributed by atoms with Crippen LogP contribution in [-0.2, 0) is 0 Å². The average molecular weight is 188 g/mol. The lowest BCUT2D eigenvalue weighted by Crippen LogP contribution is -1.63. The van der Waals surface area contributed by atoms with Gasteiger partial charge in [-0.2, -0.15) is 0 Å². The molecule has 0 N–H and O–H groups in total. The standard InChI is InChI=1S/C7H8.C6H5F/c1-7-5-3-2-4-6-7;7-6-4-2-1-3-5-6/h2-6H,1H3;1-5H. The van der Waals surface area contributed by atoms with Gasteiger partial charge in [0.05, 0.1) is 0 Å².